The predicted octanol–water partition coefficient (Wildman–Crippen LogP) is 2.26. The van der Waals surface area contributed by atoms with Crippen molar-refractivity contribution in [2.45, 2.75) is 25.7 Å². The third-order valence-corrected chi connectivity index (χ3v) is 3.66. The molecule has 0 aromatic carbocycles. The van der Waals surface area contributed by atoms with E-state index in [0.29, 0.717) is 11.5 Å². The lowest BCUT2D eigenvalue weighted by atomic mass is 9.82. The molecular weight excluding hydrogens is 242 g/mol. The van der Waals surface area contributed by atoms with E-state index in [0.717, 1.165) is 38.0 Å². The molecule has 0 atom stereocenters. The van der Waals surface area contributed by atoms with Gasteiger partial charge < -0.3 is 10.4 Å². The van der Waals surface area contributed by atoms with Crippen LogP contribution in [-0.2, 0) is 4.79 Å². The molecule has 5 heteroatoms. The molecule has 1 heterocycles. The van der Waals surface area contributed by atoms with E-state index in [2.05, 4.69) is 10.3 Å². The molecule has 1 saturated carbocycles. The van der Waals surface area contributed by atoms with Gasteiger partial charge in [-0.05, 0) is 43.7 Å². The first-order valence-electron chi connectivity index (χ1n) is 6.52. The van der Waals surface area contributed by atoms with Crippen LogP contribution in [0.3, 0.4) is 0 Å². The lowest BCUT2D eigenvalue weighted by Gasteiger charge is -2.26. The molecule has 1 fully saturated rings. The first-order chi connectivity index (χ1) is 9.19. The van der Waals surface area contributed by atoms with Gasteiger partial charge in [0.2, 0.25) is 0 Å². The number of nitriles is 1. The Balaban J connectivity index is 1.77. The van der Waals surface area contributed by atoms with Crippen LogP contribution in [0.15, 0.2) is 18.3 Å². The summed E-state index contributed by atoms with van der Waals surface area (Å²) in [5.74, 6) is 0.442. The summed E-state index contributed by atoms with van der Waals surface area (Å²) < 4.78 is 0. The van der Waals surface area contributed by atoms with Crippen molar-refractivity contribution >= 4 is 11.8 Å². The van der Waals surface area contributed by atoms with E-state index in [4.69, 9.17) is 10.4 Å². The minimum atomic E-state index is -0.667. The molecule has 0 aliphatic heterocycles. The second-order valence-electron chi connectivity index (χ2n) is 4.98. The van der Waals surface area contributed by atoms with Crippen molar-refractivity contribution < 1.29 is 9.90 Å². The smallest absolute Gasteiger partial charge is 0.306 e. The molecule has 0 spiro atoms. The second-order valence-corrected chi connectivity index (χ2v) is 4.98. The van der Waals surface area contributed by atoms with E-state index >= 15 is 0 Å². The molecule has 0 radical (unpaired) electrons. The average Bonchev–Trinajstić information content (AvgIpc) is 2.46. The zero-order valence-electron chi connectivity index (χ0n) is 10.7. The molecule has 2 N–H and O–H groups in total. The molecule has 1 aromatic heterocycles. The van der Waals surface area contributed by atoms with Crippen molar-refractivity contribution in [1.29, 1.82) is 5.26 Å². The average molecular weight is 259 g/mol. The van der Waals surface area contributed by atoms with Gasteiger partial charge in [0, 0.05) is 12.7 Å². The number of pyridine rings is 1. The number of carbonyl (C=O) groups is 1. The van der Waals surface area contributed by atoms with Crippen LogP contribution in [-0.4, -0.2) is 22.6 Å². The molecule has 0 amide bonds. The molecule has 0 bridgehead atoms. The van der Waals surface area contributed by atoms with Gasteiger partial charge in [-0.3, -0.25) is 4.79 Å². The predicted molar refractivity (Wildman–Crippen MR) is 70.5 cm³/mol. The standard InChI is InChI=1S/C14H17N3O2/c15-7-11-3-6-13(17-9-11)16-8-10-1-4-12(5-2-10)14(18)19/h3,6,9-10,12H,1-2,4-5,8H2,(H,16,17)(H,18,19). The molecule has 19 heavy (non-hydrogen) atoms. The van der Waals surface area contributed by atoms with E-state index in [1.807, 2.05) is 6.07 Å². The Kier molecular flexibility index (Phi) is 4.35. The van der Waals surface area contributed by atoms with Crippen LogP contribution < -0.4 is 5.32 Å². The zero-order chi connectivity index (χ0) is 13.7. The number of hydrogen-bond acceptors (Lipinski definition) is 4. The molecule has 2 rings (SSSR count). The fraction of sp³-hybridized carbons (Fsp3) is 0.500. The van der Waals surface area contributed by atoms with E-state index in [9.17, 15) is 4.79 Å². The number of aromatic nitrogens is 1. The minimum absolute atomic E-state index is 0.163. The van der Waals surface area contributed by atoms with E-state index < -0.39 is 5.97 Å². The zero-order valence-corrected chi connectivity index (χ0v) is 10.7. The monoisotopic (exact) mass is 259 g/mol. The largest absolute Gasteiger partial charge is 0.481 e. The fourth-order valence-corrected chi connectivity index (χ4v) is 2.43. The van der Waals surface area contributed by atoms with Crippen molar-refractivity contribution in [3.05, 3.63) is 23.9 Å². The Morgan fingerprint density at radius 3 is 2.68 bits per heavy atom. The summed E-state index contributed by atoms with van der Waals surface area (Å²) in [7, 11) is 0. The quantitative estimate of drug-likeness (QED) is 0.866. The summed E-state index contributed by atoms with van der Waals surface area (Å²) in [6, 6.07) is 5.56. The molecule has 1 aliphatic rings. The summed E-state index contributed by atoms with van der Waals surface area (Å²) in [5, 5.41) is 20.8. The topological polar surface area (TPSA) is 86.0 Å². The summed E-state index contributed by atoms with van der Waals surface area (Å²) in [4.78, 5) is 15.0. The van der Waals surface area contributed by atoms with E-state index in [1.54, 1.807) is 18.3 Å². The lowest BCUT2D eigenvalue weighted by molar-refractivity contribution is -0.143. The maximum Gasteiger partial charge on any atom is 0.306 e. The first kappa shape index (κ1) is 13.3. The van der Waals surface area contributed by atoms with E-state index in [-0.39, 0.29) is 5.92 Å². The van der Waals surface area contributed by atoms with Crippen molar-refractivity contribution in [3.8, 4) is 6.07 Å². The third kappa shape index (κ3) is 3.68. The normalized spacial score (nSPS) is 22.5. The van der Waals surface area contributed by atoms with Crippen LogP contribution in [0.1, 0.15) is 31.2 Å². The third-order valence-electron chi connectivity index (χ3n) is 3.66. The van der Waals surface area contributed by atoms with Crippen molar-refractivity contribution in [3.63, 3.8) is 0 Å². The molecule has 100 valence electrons. The maximum atomic E-state index is 10.8. The highest BCUT2D eigenvalue weighted by Gasteiger charge is 2.25. The number of aliphatic carboxylic acids is 1. The molecular formula is C14H17N3O2. The SMILES string of the molecule is N#Cc1ccc(NCC2CCC(C(=O)O)CC2)nc1. The lowest BCUT2D eigenvalue weighted by Crippen LogP contribution is -2.25. The van der Waals surface area contributed by atoms with Gasteiger partial charge in [0.1, 0.15) is 11.9 Å². The number of nitrogens with zero attached hydrogens (tertiary/aromatic N) is 2. The van der Waals surface area contributed by atoms with Crippen molar-refractivity contribution in [2.75, 3.05) is 11.9 Å². The molecule has 0 saturated heterocycles. The van der Waals surface area contributed by atoms with Crippen LogP contribution in [0.4, 0.5) is 5.82 Å². The van der Waals surface area contributed by atoms with Crippen LogP contribution in [0.5, 0.6) is 0 Å². The van der Waals surface area contributed by atoms with Crippen LogP contribution in [0.25, 0.3) is 0 Å². The van der Waals surface area contributed by atoms with Crippen LogP contribution in [0.2, 0.25) is 0 Å². The number of anilines is 1. The maximum absolute atomic E-state index is 10.8. The number of carboxylic acid groups (broad SMARTS) is 1. The molecule has 5 nitrogen and oxygen atoms in total. The summed E-state index contributed by atoms with van der Waals surface area (Å²) in [6.07, 6.45) is 4.97. The van der Waals surface area contributed by atoms with Crippen LogP contribution in [0, 0.1) is 23.2 Å². The summed E-state index contributed by atoms with van der Waals surface area (Å²) in [6.45, 7) is 0.811. The first-order valence-corrected chi connectivity index (χ1v) is 6.52. The Morgan fingerprint density at radius 2 is 2.16 bits per heavy atom. The van der Waals surface area contributed by atoms with Crippen molar-refractivity contribution in [2.24, 2.45) is 11.8 Å². The second kappa shape index (κ2) is 6.19. The summed E-state index contributed by atoms with van der Waals surface area (Å²) in [5.41, 5.74) is 0.549. The minimum Gasteiger partial charge on any atom is -0.481 e. The Hall–Kier alpha value is -2.09. The fourth-order valence-electron chi connectivity index (χ4n) is 2.43. The van der Waals surface area contributed by atoms with Gasteiger partial charge in [0.25, 0.3) is 0 Å². The van der Waals surface area contributed by atoms with Gasteiger partial charge in [-0.15, -0.1) is 0 Å². The van der Waals surface area contributed by atoms with Gasteiger partial charge in [0.05, 0.1) is 11.5 Å². The molecule has 1 aromatic rings. The Morgan fingerprint density at radius 1 is 1.42 bits per heavy atom. The number of nitrogens with one attached hydrogen (secondary N) is 1. The van der Waals surface area contributed by atoms with Crippen molar-refractivity contribution in [1.82, 2.24) is 4.98 Å². The number of carboxylic acids is 1. The van der Waals surface area contributed by atoms with Gasteiger partial charge in [-0.25, -0.2) is 4.98 Å². The number of rotatable bonds is 4. The molecule has 1 aliphatic carbocycles. The van der Waals surface area contributed by atoms with Gasteiger partial charge in [0.15, 0.2) is 0 Å². The van der Waals surface area contributed by atoms with Gasteiger partial charge in [-0.2, -0.15) is 5.26 Å². The summed E-state index contributed by atoms with van der Waals surface area (Å²) >= 11 is 0. The highest BCUT2D eigenvalue weighted by atomic mass is 16.4. The van der Waals surface area contributed by atoms with Gasteiger partial charge >= 0.3 is 5.97 Å². The van der Waals surface area contributed by atoms with Gasteiger partial charge in [-0.1, -0.05) is 0 Å². The van der Waals surface area contributed by atoms with E-state index in [1.165, 1.54) is 0 Å². The Labute approximate surface area is 112 Å². The van der Waals surface area contributed by atoms with Crippen LogP contribution >= 0.6 is 0 Å². The highest BCUT2D eigenvalue weighted by molar-refractivity contribution is 5.70. The highest BCUT2D eigenvalue weighted by Crippen LogP contribution is 2.28. The number of hydrogen-bond donors (Lipinski definition) is 2. The Bertz CT molecular complexity index is 470. The molecule has 0 unspecified atom stereocenters.